The Morgan fingerprint density at radius 2 is 2.10 bits per heavy atom. The predicted molar refractivity (Wildman–Crippen MR) is 102 cm³/mol. The Hall–Kier alpha value is -4.56. The molecule has 15 nitrogen and oxygen atoms in total. The average molecular weight is 432 g/mol. The molecular formula is C16H16N8O7. The molecule has 0 fully saturated rings. The van der Waals surface area contributed by atoms with Gasteiger partial charge in [0, 0.05) is 6.42 Å². The number of aryl methyl sites for hydroxylation is 1. The molecule has 1 N–H and O–H groups in total. The Labute approximate surface area is 173 Å². The standard InChI is InChI=1S/C16H16N8O7/c1-30-16-14(24(28)29)10-21(20-16)5-4-15(25)19-17-7-12-2-3-13(31-12)9-22-8-11(6-18-22)23(26)27/h2-3,6-8,10H,4-5,9H2,1H3,(H,19,25)/b17-7+. The molecule has 0 unspecified atom stereocenters. The predicted octanol–water partition coefficient (Wildman–Crippen LogP) is 1.09. The number of hydrazone groups is 1. The van der Waals surface area contributed by atoms with E-state index in [9.17, 15) is 25.0 Å². The summed E-state index contributed by atoms with van der Waals surface area (Å²) in [4.78, 5) is 32.2. The van der Waals surface area contributed by atoms with E-state index in [1.807, 2.05) is 0 Å². The van der Waals surface area contributed by atoms with Crippen LogP contribution in [0.15, 0.2) is 40.2 Å². The van der Waals surface area contributed by atoms with Gasteiger partial charge in [-0.1, -0.05) is 0 Å². The molecule has 0 aromatic carbocycles. The molecule has 15 heteroatoms. The van der Waals surface area contributed by atoms with E-state index in [1.165, 1.54) is 35.1 Å². The number of nitro groups is 2. The van der Waals surface area contributed by atoms with Gasteiger partial charge in [0.05, 0.1) is 36.3 Å². The number of aromatic nitrogens is 4. The Kier molecular flexibility index (Phi) is 6.34. The number of amides is 1. The average Bonchev–Trinajstić information content (AvgIpc) is 3.46. The number of hydrogen-bond donors (Lipinski definition) is 1. The second kappa shape index (κ2) is 9.29. The number of rotatable bonds is 10. The van der Waals surface area contributed by atoms with Gasteiger partial charge in [-0.3, -0.25) is 34.4 Å². The Bertz CT molecular complexity index is 1130. The third-order valence-electron chi connectivity index (χ3n) is 3.88. The lowest BCUT2D eigenvalue weighted by molar-refractivity contribution is -0.385. The summed E-state index contributed by atoms with van der Waals surface area (Å²) in [7, 11) is 1.26. The topological polar surface area (TPSA) is 186 Å². The number of nitrogens with one attached hydrogen (secondary N) is 1. The zero-order valence-corrected chi connectivity index (χ0v) is 16.1. The lowest BCUT2D eigenvalue weighted by atomic mass is 10.4. The van der Waals surface area contributed by atoms with Crippen molar-refractivity contribution in [1.29, 1.82) is 0 Å². The van der Waals surface area contributed by atoms with Crippen LogP contribution in [0.5, 0.6) is 5.88 Å². The highest BCUT2D eigenvalue weighted by Crippen LogP contribution is 2.23. The summed E-state index contributed by atoms with van der Waals surface area (Å²) in [6, 6.07) is 3.26. The van der Waals surface area contributed by atoms with E-state index in [2.05, 4.69) is 20.7 Å². The molecule has 3 aromatic heterocycles. The van der Waals surface area contributed by atoms with Crippen molar-refractivity contribution >= 4 is 23.5 Å². The van der Waals surface area contributed by atoms with Gasteiger partial charge >= 0.3 is 17.3 Å². The molecule has 31 heavy (non-hydrogen) atoms. The van der Waals surface area contributed by atoms with Crippen LogP contribution in [-0.4, -0.2) is 48.6 Å². The summed E-state index contributed by atoms with van der Waals surface area (Å²) in [5.41, 5.74) is 1.89. The smallest absolute Gasteiger partial charge is 0.350 e. The number of carbonyl (C=O) groups excluding carboxylic acids is 1. The molecule has 0 aliphatic heterocycles. The van der Waals surface area contributed by atoms with E-state index >= 15 is 0 Å². The number of nitrogens with zero attached hydrogens (tertiary/aromatic N) is 7. The maximum absolute atomic E-state index is 11.9. The highest BCUT2D eigenvalue weighted by Gasteiger charge is 2.20. The van der Waals surface area contributed by atoms with Gasteiger partial charge in [-0.15, -0.1) is 5.10 Å². The molecule has 0 aliphatic rings. The third kappa shape index (κ3) is 5.49. The Balaban J connectivity index is 1.47. The fraction of sp³-hybridized carbons (Fsp3) is 0.250. The normalized spacial score (nSPS) is 11.0. The van der Waals surface area contributed by atoms with Crippen molar-refractivity contribution < 1.29 is 23.8 Å². The number of hydrogen-bond acceptors (Lipinski definition) is 10. The Morgan fingerprint density at radius 3 is 2.74 bits per heavy atom. The molecular weight excluding hydrogens is 416 g/mol. The van der Waals surface area contributed by atoms with Crippen molar-refractivity contribution in [2.75, 3.05) is 7.11 Å². The summed E-state index contributed by atoms with van der Waals surface area (Å²) in [6.07, 6.45) is 4.85. The van der Waals surface area contributed by atoms with Gasteiger partial charge < -0.3 is 9.15 Å². The van der Waals surface area contributed by atoms with Gasteiger partial charge in [0.2, 0.25) is 5.91 Å². The molecule has 0 aliphatic carbocycles. The first-order valence-electron chi connectivity index (χ1n) is 8.69. The van der Waals surface area contributed by atoms with Crippen LogP contribution < -0.4 is 10.2 Å². The van der Waals surface area contributed by atoms with Crippen molar-refractivity contribution in [2.45, 2.75) is 19.5 Å². The van der Waals surface area contributed by atoms with E-state index in [-0.39, 0.29) is 36.8 Å². The van der Waals surface area contributed by atoms with Crippen LogP contribution in [0.4, 0.5) is 11.4 Å². The van der Waals surface area contributed by atoms with Crippen molar-refractivity contribution in [3.63, 3.8) is 0 Å². The molecule has 0 bridgehead atoms. The highest BCUT2D eigenvalue weighted by atomic mass is 16.6. The summed E-state index contributed by atoms with van der Waals surface area (Å²) >= 11 is 0. The molecule has 0 saturated carbocycles. The summed E-state index contributed by atoms with van der Waals surface area (Å²) < 4.78 is 12.9. The van der Waals surface area contributed by atoms with Crippen LogP contribution in [0.3, 0.4) is 0 Å². The fourth-order valence-corrected chi connectivity index (χ4v) is 2.46. The molecule has 162 valence electrons. The summed E-state index contributed by atoms with van der Waals surface area (Å²) in [5.74, 6) is 0.259. The van der Waals surface area contributed by atoms with Gasteiger partial charge in [0.1, 0.15) is 30.1 Å². The van der Waals surface area contributed by atoms with E-state index in [0.717, 1.165) is 6.20 Å². The summed E-state index contributed by atoms with van der Waals surface area (Å²) in [5, 5.41) is 33.1. The SMILES string of the molecule is COc1nn(CCC(=O)N/N=C/c2ccc(Cn3cc([N+](=O)[O-])cn3)o2)cc1[N+](=O)[O-]. The molecule has 3 aromatic rings. The van der Waals surface area contributed by atoms with Gasteiger partial charge in [-0.25, -0.2) is 5.43 Å². The number of furan rings is 1. The third-order valence-corrected chi connectivity index (χ3v) is 3.88. The first-order chi connectivity index (χ1) is 14.9. The number of ether oxygens (including phenoxy) is 1. The molecule has 3 heterocycles. The molecule has 0 saturated heterocycles. The van der Waals surface area contributed by atoms with Crippen molar-refractivity contribution in [3.05, 3.63) is 62.5 Å². The first kappa shape index (κ1) is 21.2. The van der Waals surface area contributed by atoms with Gasteiger partial charge in [-0.2, -0.15) is 10.2 Å². The highest BCUT2D eigenvalue weighted by molar-refractivity contribution is 5.80. The molecule has 3 rings (SSSR count). The van der Waals surface area contributed by atoms with Gasteiger partial charge in [0.25, 0.3) is 0 Å². The zero-order valence-electron chi connectivity index (χ0n) is 16.1. The Morgan fingerprint density at radius 1 is 1.29 bits per heavy atom. The van der Waals surface area contributed by atoms with Crippen LogP contribution in [-0.2, 0) is 17.9 Å². The van der Waals surface area contributed by atoms with E-state index in [4.69, 9.17) is 9.15 Å². The maximum atomic E-state index is 11.9. The van der Waals surface area contributed by atoms with Gasteiger partial charge in [-0.05, 0) is 12.1 Å². The molecule has 0 spiro atoms. The second-order valence-corrected chi connectivity index (χ2v) is 6.04. The van der Waals surface area contributed by atoms with Crippen LogP contribution in [0.2, 0.25) is 0 Å². The largest absolute Gasteiger partial charge is 0.475 e. The van der Waals surface area contributed by atoms with E-state index in [0.29, 0.717) is 11.5 Å². The molecule has 0 atom stereocenters. The monoisotopic (exact) mass is 432 g/mol. The minimum atomic E-state index is -0.627. The van der Waals surface area contributed by atoms with E-state index in [1.54, 1.807) is 12.1 Å². The fourth-order valence-electron chi connectivity index (χ4n) is 2.46. The minimum absolute atomic E-state index is 0.0270. The summed E-state index contributed by atoms with van der Waals surface area (Å²) in [6.45, 7) is 0.278. The maximum Gasteiger partial charge on any atom is 0.350 e. The number of methoxy groups -OCH3 is 1. The van der Waals surface area contributed by atoms with Crippen LogP contribution >= 0.6 is 0 Å². The van der Waals surface area contributed by atoms with E-state index < -0.39 is 15.8 Å². The van der Waals surface area contributed by atoms with Crippen molar-refractivity contribution in [3.8, 4) is 5.88 Å². The zero-order chi connectivity index (χ0) is 22.4. The quantitative estimate of drug-likeness (QED) is 0.278. The second-order valence-electron chi connectivity index (χ2n) is 6.04. The molecule has 1 amide bonds. The van der Waals surface area contributed by atoms with Crippen molar-refractivity contribution in [1.82, 2.24) is 25.0 Å². The number of carbonyl (C=O) groups is 1. The van der Waals surface area contributed by atoms with Crippen LogP contribution in [0.25, 0.3) is 0 Å². The molecule has 0 radical (unpaired) electrons. The minimum Gasteiger partial charge on any atom is -0.475 e. The van der Waals surface area contributed by atoms with Gasteiger partial charge in [0.15, 0.2) is 0 Å². The first-order valence-corrected chi connectivity index (χ1v) is 8.69. The lowest BCUT2D eigenvalue weighted by Gasteiger charge is -2.00. The van der Waals surface area contributed by atoms with Crippen LogP contribution in [0, 0.1) is 20.2 Å². The van der Waals surface area contributed by atoms with Crippen LogP contribution in [0.1, 0.15) is 17.9 Å². The van der Waals surface area contributed by atoms with Crippen molar-refractivity contribution in [2.24, 2.45) is 5.10 Å². The lowest BCUT2D eigenvalue weighted by Crippen LogP contribution is -2.19.